The van der Waals surface area contributed by atoms with Crippen molar-refractivity contribution < 1.29 is 38.8 Å². The van der Waals surface area contributed by atoms with Crippen molar-refractivity contribution in [1.29, 1.82) is 0 Å². The quantitative estimate of drug-likeness (QED) is 0.107. The Bertz CT molecular complexity index is 1380. The summed E-state index contributed by atoms with van der Waals surface area (Å²) in [6, 6.07) is 0.452. The summed E-state index contributed by atoms with van der Waals surface area (Å²) < 4.78 is 1.62. The number of β-lactam (4-membered cyclic amide) rings is 1. The number of aliphatic carboxylic acids is 2. The van der Waals surface area contributed by atoms with Crippen molar-refractivity contribution in [3.05, 3.63) is 39.9 Å². The van der Waals surface area contributed by atoms with Crippen LogP contribution in [0, 0.1) is 0 Å². The topological polar surface area (TPSA) is 227 Å². The largest absolute Gasteiger partial charge is 0.478 e. The van der Waals surface area contributed by atoms with E-state index in [2.05, 4.69) is 20.4 Å². The van der Waals surface area contributed by atoms with E-state index in [4.69, 9.17) is 33.0 Å². The lowest BCUT2D eigenvalue weighted by Crippen LogP contribution is -2.71. The van der Waals surface area contributed by atoms with Gasteiger partial charge in [0.2, 0.25) is 11.9 Å². The van der Waals surface area contributed by atoms with Crippen molar-refractivity contribution in [3.63, 3.8) is 0 Å². The number of halogens is 1. The van der Waals surface area contributed by atoms with Crippen molar-refractivity contribution >= 4 is 75.1 Å². The predicted octanol–water partition coefficient (Wildman–Crippen LogP) is -0.724. The van der Waals surface area contributed by atoms with Gasteiger partial charge in [-0.05, 0) is 11.9 Å². The highest BCUT2D eigenvalue weighted by Crippen LogP contribution is 2.40. The number of anilines is 2. The number of nitrogens with one attached hydrogen (secondary N) is 1. The van der Waals surface area contributed by atoms with E-state index in [0.717, 1.165) is 16.2 Å². The first-order valence-electron chi connectivity index (χ1n) is 10.7. The number of fused-ring (bicyclic) bond motifs is 1. The highest BCUT2D eigenvalue weighted by atomic mass is 35.5. The fraction of sp³-hybridized carbons (Fsp3) is 0.300. The van der Waals surface area contributed by atoms with E-state index in [9.17, 15) is 24.3 Å². The SMILES string of the molecule is C[C@H](ON=C(C(=O)N[C@@H]1C(=O)N2C(C(=O)O)=C(C[n+]3ccc(N)nc3)CS[C@H]12)c1nc(N)sc1Cl)C(=O)O. The number of carbonyl (C=O) groups is 4. The molecule has 3 atom stereocenters. The molecule has 0 aliphatic carbocycles. The first-order chi connectivity index (χ1) is 18.0. The molecule has 0 spiro atoms. The van der Waals surface area contributed by atoms with Crippen LogP contribution >= 0.6 is 34.7 Å². The van der Waals surface area contributed by atoms with Gasteiger partial charge in [-0.3, -0.25) is 14.5 Å². The molecule has 0 aromatic carbocycles. The minimum absolute atomic E-state index is 0.00743. The van der Waals surface area contributed by atoms with Gasteiger partial charge in [0.05, 0.1) is 6.20 Å². The number of nitrogens with two attached hydrogens (primary N) is 2. The maximum Gasteiger partial charge on any atom is 0.352 e. The van der Waals surface area contributed by atoms with Crippen molar-refractivity contribution in [2.24, 2.45) is 5.16 Å². The van der Waals surface area contributed by atoms with Crippen molar-refractivity contribution in [3.8, 4) is 0 Å². The number of oxime groups is 1. The van der Waals surface area contributed by atoms with Crippen molar-refractivity contribution in [2.45, 2.75) is 31.0 Å². The molecule has 0 saturated carbocycles. The standard InChI is InChI=1S/C20H19ClN8O7S2/c1-7(18(32)33)36-27-11(10-14(21)38-20(23)26-10)15(30)25-12-16(31)29-13(19(34)35)8(5-37-17(12)29)4-28-3-2-9(22)24-6-28/h2-3,6-7,12,17,22H,4-5H2,1H3,(H5,23,25,26,30,32,33,34,35)/p+1/t7-,12+,17+/m0/s1. The number of hydrogen-bond donors (Lipinski definition) is 5. The lowest BCUT2D eigenvalue weighted by Gasteiger charge is -2.49. The van der Waals surface area contributed by atoms with E-state index < -0.39 is 47.0 Å². The van der Waals surface area contributed by atoms with Crippen LogP contribution < -0.4 is 21.4 Å². The molecule has 1 fully saturated rings. The van der Waals surface area contributed by atoms with Gasteiger partial charge in [-0.15, -0.1) is 11.8 Å². The van der Waals surface area contributed by atoms with E-state index in [0.29, 0.717) is 11.4 Å². The molecule has 2 aliphatic rings. The second-order valence-electron chi connectivity index (χ2n) is 7.98. The highest BCUT2D eigenvalue weighted by Gasteiger charge is 2.54. The van der Waals surface area contributed by atoms with Gasteiger partial charge < -0.3 is 31.8 Å². The van der Waals surface area contributed by atoms with Crippen LogP contribution in [0.2, 0.25) is 4.34 Å². The Morgan fingerprint density at radius 1 is 1.39 bits per heavy atom. The van der Waals surface area contributed by atoms with Crippen LogP contribution in [-0.2, 0) is 30.6 Å². The number of carbonyl (C=O) groups excluding carboxylic acids is 2. The molecule has 2 aromatic heterocycles. The van der Waals surface area contributed by atoms with Gasteiger partial charge in [0.1, 0.15) is 33.7 Å². The fourth-order valence-corrected chi connectivity index (χ4v) is 5.82. The predicted molar refractivity (Wildman–Crippen MR) is 135 cm³/mol. The number of carboxylic acids is 2. The van der Waals surface area contributed by atoms with Gasteiger partial charge in [-0.1, -0.05) is 28.1 Å². The maximum absolute atomic E-state index is 13.1. The van der Waals surface area contributed by atoms with Gasteiger partial charge in [-0.25, -0.2) is 19.1 Å². The smallest absolute Gasteiger partial charge is 0.352 e. The summed E-state index contributed by atoms with van der Waals surface area (Å²) in [7, 11) is 0. The van der Waals surface area contributed by atoms with Crippen LogP contribution in [-0.4, -0.2) is 77.8 Å². The van der Waals surface area contributed by atoms with Crippen molar-refractivity contribution in [1.82, 2.24) is 20.2 Å². The summed E-state index contributed by atoms with van der Waals surface area (Å²) in [4.78, 5) is 63.3. The number of amides is 2. The number of aromatic nitrogens is 3. The number of nitrogens with zero attached hydrogens (tertiary/aromatic N) is 5. The summed E-state index contributed by atoms with van der Waals surface area (Å²) in [5.41, 5.74) is 10.9. The summed E-state index contributed by atoms with van der Waals surface area (Å²) in [5.74, 6) is -3.67. The molecule has 4 heterocycles. The molecule has 38 heavy (non-hydrogen) atoms. The average molecular weight is 584 g/mol. The highest BCUT2D eigenvalue weighted by molar-refractivity contribution is 8.00. The first kappa shape index (κ1) is 27.1. The third-order valence-corrected chi connectivity index (χ3v) is 7.82. The monoisotopic (exact) mass is 583 g/mol. The molecular weight excluding hydrogens is 564 g/mol. The molecule has 0 bridgehead atoms. The molecule has 2 amide bonds. The number of nitrogen functional groups attached to an aromatic ring is 2. The molecular formula is C20H20ClN8O7S2+. The van der Waals surface area contributed by atoms with Gasteiger partial charge in [0, 0.05) is 17.4 Å². The molecule has 1 saturated heterocycles. The van der Waals surface area contributed by atoms with Crippen LogP contribution in [0.4, 0.5) is 10.9 Å². The zero-order valence-electron chi connectivity index (χ0n) is 19.4. The molecule has 0 unspecified atom stereocenters. The molecule has 7 N–H and O–H groups in total. The van der Waals surface area contributed by atoms with Gasteiger partial charge in [-0.2, -0.15) is 0 Å². The Kier molecular flexibility index (Phi) is 7.70. The summed E-state index contributed by atoms with van der Waals surface area (Å²) in [6.07, 6.45) is 1.68. The summed E-state index contributed by atoms with van der Waals surface area (Å²) in [6.45, 7) is 1.36. The molecule has 200 valence electrons. The third-order valence-electron chi connectivity index (χ3n) is 5.39. The molecule has 2 aromatic rings. The van der Waals surface area contributed by atoms with E-state index in [1.54, 1.807) is 16.8 Å². The number of thiazole rings is 1. The minimum atomic E-state index is -1.40. The lowest BCUT2D eigenvalue weighted by atomic mass is 10.0. The van der Waals surface area contributed by atoms with Crippen molar-refractivity contribution in [2.75, 3.05) is 17.2 Å². The molecule has 2 aliphatic heterocycles. The van der Waals surface area contributed by atoms with Gasteiger partial charge >= 0.3 is 11.9 Å². The van der Waals surface area contributed by atoms with Crippen LogP contribution in [0.25, 0.3) is 0 Å². The first-order valence-corrected chi connectivity index (χ1v) is 12.9. The molecule has 18 heteroatoms. The Hall–Kier alpha value is -3.96. The summed E-state index contributed by atoms with van der Waals surface area (Å²) >= 11 is 8.22. The van der Waals surface area contributed by atoms with Crippen LogP contribution in [0.5, 0.6) is 0 Å². The molecule has 0 radical (unpaired) electrons. The number of rotatable bonds is 9. The Labute approximate surface area is 227 Å². The average Bonchev–Trinajstić information content (AvgIpc) is 3.20. The normalized spacial score (nSPS) is 19.9. The minimum Gasteiger partial charge on any atom is -0.478 e. The van der Waals surface area contributed by atoms with Gasteiger partial charge in [0.25, 0.3) is 18.1 Å². The molecule has 15 nitrogen and oxygen atoms in total. The van der Waals surface area contributed by atoms with Gasteiger partial charge in [0.15, 0.2) is 10.8 Å². The lowest BCUT2D eigenvalue weighted by molar-refractivity contribution is -0.691. The maximum atomic E-state index is 13.1. The van der Waals surface area contributed by atoms with Crippen LogP contribution in [0.15, 0.2) is 35.0 Å². The summed E-state index contributed by atoms with van der Waals surface area (Å²) in [5, 5.41) is 24.3. The third kappa shape index (κ3) is 5.34. The zero-order valence-corrected chi connectivity index (χ0v) is 21.8. The Balaban J connectivity index is 1.56. The number of thioether (sulfide) groups is 1. The number of carboxylic acid groups (broad SMARTS) is 2. The van der Waals surface area contributed by atoms with Crippen LogP contribution in [0.3, 0.4) is 0 Å². The van der Waals surface area contributed by atoms with E-state index in [-0.39, 0.29) is 33.2 Å². The number of hydrogen-bond acceptors (Lipinski definition) is 12. The Morgan fingerprint density at radius 3 is 2.71 bits per heavy atom. The van der Waals surface area contributed by atoms with Crippen LogP contribution in [0.1, 0.15) is 12.6 Å². The van der Waals surface area contributed by atoms with E-state index in [1.807, 2.05) is 0 Å². The molecule has 4 rings (SSSR count). The fourth-order valence-electron chi connectivity index (χ4n) is 3.56. The van der Waals surface area contributed by atoms with E-state index >= 15 is 0 Å². The second kappa shape index (κ2) is 10.8. The van der Waals surface area contributed by atoms with E-state index in [1.165, 1.54) is 25.0 Å². The zero-order chi connectivity index (χ0) is 27.7. The second-order valence-corrected chi connectivity index (χ2v) is 10.7. The Morgan fingerprint density at radius 2 is 2.13 bits per heavy atom.